The Morgan fingerprint density at radius 3 is 2.60 bits per heavy atom. The maximum atomic E-state index is 15.0. The third-order valence-corrected chi connectivity index (χ3v) is 8.89. The molecule has 4 rings (SSSR count). The van der Waals surface area contributed by atoms with E-state index in [1.54, 1.807) is 20.0 Å². The number of pyridine rings is 1. The van der Waals surface area contributed by atoms with Crippen molar-refractivity contribution in [1.82, 2.24) is 14.5 Å². The number of sulfonamides is 1. The number of anilines is 2. The molecule has 1 aliphatic rings. The molecule has 3 aromatic rings. The van der Waals surface area contributed by atoms with Crippen LogP contribution in [0.3, 0.4) is 0 Å². The van der Waals surface area contributed by atoms with E-state index in [1.807, 2.05) is 0 Å². The van der Waals surface area contributed by atoms with Gasteiger partial charge in [0.15, 0.2) is 0 Å². The molecule has 2 heterocycles. The first kappa shape index (κ1) is 30.0. The zero-order valence-electron chi connectivity index (χ0n) is 21.8. The quantitative estimate of drug-likeness (QED) is 0.271. The Morgan fingerprint density at radius 1 is 1.25 bits per heavy atom. The van der Waals surface area contributed by atoms with Gasteiger partial charge in [0.1, 0.15) is 17.2 Å². The lowest BCUT2D eigenvalue weighted by Gasteiger charge is -2.27. The van der Waals surface area contributed by atoms with Gasteiger partial charge in [-0.3, -0.25) is 9.36 Å². The molecule has 2 atom stereocenters. The number of nitrogens with two attached hydrogens (primary N) is 1. The zero-order chi connectivity index (χ0) is 29.4. The summed E-state index contributed by atoms with van der Waals surface area (Å²) in [4.78, 5) is 22.5. The Labute approximate surface area is 233 Å². The van der Waals surface area contributed by atoms with E-state index in [1.165, 1.54) is 16.7 Å². The van der Waals surface area contributed by atoms with Crippen LogP contribution in [-0.4, -0.2) is 47.0 Å². The lowest BCUT2D eigenvalue weighted by molar-refractivity contribution is -0.129. The van der Waals surface area contributed by atoms with Crippen molar-refractivity contribution in [2.75, 3.05) is 14.9 Å². The molecule has 0 unspecified atom stereocenters. The summed E-state index contributed by atoms with van der Waals surface area (Å²) >= 11 is 5.74. The molecule has 1 saturated carbocycles. The number of rotatable bonds is 8. The van der Waals surface area contributed by atoms with Crippen LogP contribution in [0.15, 0.2) is 35.3 Å². The Hall–Kier alpha value is -2.97. The van der Waals surface area contributed by atoms with Crippen LogP contribution in [0.4, 0.5) is 29.2 Å². The molecule has 9 nitrogen and oxygen atoms in total. The first-order valence-corrected chi connectivity index (χ1v) is 14.6. The van der Waals surface area contributed by atoms with E-state index in [4.69, 9.17) is 17.5 Å². The molecule has 0 aliphatic heterocycles. The molecule has 0 spiro atoms. The molecule has 218 valence electrons. The summed E-state index contributed by atoms with van der Waals surface area (Å²) in [5, 5.41) is 3.80. The third kappa shape index (κ3) is 6.66. The highest BCUT2D eigenvalue weighted by Gasteiger charge is 2.33. The smallest absolute Gasteiger partial charge is 0.351 e. The van der Waals surface area contributed by atoms with Gasteiger partial charge in [-0.1, -0.05) is 6.07 Å². The number of hydrogen-bond donors (Lipinski definition) is 2. The SMILES string of the molecule is CC(C)n1c(=O)c(-c2ccc(N(Cl)S(=O)(=O)CCC(F)(F)F)c(F)c2)cc2cnc(N[C@H]3CCC[C@@H](N)C3)nc21. The van der Waals surface area contributed by atoms with Crippen molar-refractivity contribution in [2.45, 2.75) is 70.3 Å². The third-order valence-electron chi connectivity index (χ3n) is 6.67. The van der Waals surface area contributed by atoms with Crippen LogP contribution in [0, 0.1) is 5.82 Å². The van der Waals surface area contributed by atoms with Crippen LogP contribution in [0.1, 0.15) is 52.0 Å². The molecule has 0 radical (unpaired) electrons. The minimum absolute atomic E-state index is 0.0494. The average molecular weight is 605 g/mol. The molecule has 3 N–H and O–H groups in total. The van der Waals surface area contributed by atoms with Crippen LogP contribution in [0.5, 0.6) is 0 Å². The number of halogens is 5. The van der Waals surface area contributed by atoms with Crippen LogP contribution in [-0.2, 0) is 10.0 Å². The fraction of sp³-hybridized carbons (Fsp3) is 0.480. The number of alkyl halides is 3. The Morgan fingerprint density at radius 2 is 1.98 bits per heavy atom. The van der Waals surface area contributed by atoms with E-state index in [0.29, 0.717) is 17.0 Å². The van der Waals surface area contributed by atoms with Gasteiger partial charge in [-0.15, -0.1) is 0 Å². The van der Waals surface area contributed by atoms with Crippen molar-refractivity contribution in [3.05, 3.63) is 46.6 Å². The number of aromatic nitrogens is 3. The Bertz CT molecular complexity index is 1560. The highest BCUT2D eigenvalue weighted by Crippen LogP contribution is 2.31. The molecule has 0 saturated heterocycles. The topological polar surface area (TPSA) is 123 Å². The molecule has 0 bridgehead atoms. The molecule has 1 aromatic carbocycles. The summed E-state index contributed by atoms with van der Waals surface area (Å²) in [6.45, 7) is 3.59. The van der Waals surface area contributed by atoms with Crippen molar-refractivity contribution < 1.29 is 26.0 Å². The maximum absolute atomic E-state index is 15.0. The molecule has 15 heteroatoms. The lowest BCUT2D eigenvalue weighted by atomic mass is 9.92. The first-order valence-electron chi connectivity index (χ1n) is 12.7. The molecular weight excluding hydrogens is 576 g/mol. The van der Waals surface area contributed by atoms with Crippen LogP contribution in [0.25, 0.3) is 22.2 Å². The van der Waals surface area contributed by atoms with Gasteiger partial charge < -0.3 is 11.1 Å². The minimum atomic E-state index is -4.73. The maximum Gasteiger partial charge on any atom is 0.390 e. The van der Waals surface area contributed by atoms with E-state index < -0.39 is 45.4 Å². The highest BCUT2D eigenvalue weighted by atomic mass is 35.5. The summed E-state index contributed by atoms with van der Waals surface area (Å²) in [5.74, 6) is -2.13. The average Bonchev–Trinajstić information content (AvgIpc) is 2.86. The fourth-order valence-corrected chi connectivity index (χ4v) is 6.15. The van der Waals surface area contributed by atoms with Gasteiger partial charge in [-0.2, -0.15) is 22.0 Å². The van der Waals surface area contributed by atoms with Crippen molar-refractivity contribution in [3.8, 4) is 11.1 Å². The normalized spacial score (nSPS) is 18.3. The summed E-state index contributed by atoms with van der Waals surface area (Å²) in [6, 6.07) is 4.54. The van der Waals surface area contributed by atoms with E-state index in [-0.39, 0.29) is 33.1 Å². The van der Waals surface area contributed by atoms with E-state index in [2.05, 4.69) is 15.3 Å². The number of hydrogen-bond acceptors (Lipinski definition) is 7. The van der Waals surface area contributed by atoms with Crippen LogP contribution >= 0.6 is 11.8 Å². The van der Waals surface area contributed by atoms with E-state index in [9.17, 15) is 26.4 Å². The number of nitrogens with zero attached hydrogens (tertiary/aromatic N) is 4. The van der Waals surface area contributed by atoms with Crippen molar-refractivity contribution >= 4 is 44.5 Å². The molecule has 1 aliphatic carbocycles. The van der Waals surface area contributed by atoms with Gasteiger partial charge in [0.2, 0.25) is 16.0 Å². The molecule has 2 aromatic heterocycles. The number of benzene rings is 1. The summed E-state index contributed by atoms with van der Waals surface area (Å²) < 4.78 is 78.4. The second-order valence-corrected chi connectivity index (χ2v) is 12.6. The lowest BCUT2D eigenvalue weighted by Crippen LogP contribution is -2.35. The first-order chi connectivity index (χ1) is 18.7. The summed E-state index contributed by atoms with van der Waals surface area (Å²) in [6.07, 6.45) is -1.17. The molecular formula is C25H29ClF4N6O3S. The van der Waals surface area contributed by atoms with Crippen molar-refractivity contribution in [1.29, 1.82) is 0 Å². The molecule has 40 heavy (non-hydrogen) atoms. The van der Waals surface area contributed by atoms with Gasteiger partial charge in [0, 0.05) is 47.0 Å². The van der Waals surface area contributed by atoms with Gasteiger partial charge in [-0.25, -0.2) is 17.8 Å². The zero-order valence-corrected chi connectivity index (χ0v) is 23.3. The van der Waals surface area contributed by atoms with Crippen molar-refractivity contribution in [2.24, 2.45) is 5.73 Å². The number of fused-ring (bicyclic) bond motifs is 1. The van der Waals surface area contributed by atoms with Crippen LogP contribution in [0.2, 0.25) is 0 Å². The molecule has 0 amide bonds. The second-order valence-electron chi connectivity index (χ2n) is 10.1. The van der Waals surface area contributed by atoms with Gasteiger partial charge in [0.05, 0.1) is 12.2 Å². The Balaban J connectivity index is 1.69. The van der Waals surface area contributed by atoms with Gasteiger partial charge >= 0.3 is 6.18 Å². The largest absolute Gasteiger partial charge is 0.390 e. The monoisotopic (exact) mass is 604 g/mol. The predicted octanol–water partition coefficient (Wildman–Crippen LogP) is 5.10. The van der Waals surface area contributed by atoms with Crippen LogP contribution < -0.4 is 20.4 Å². The fourth-order valence-electron chi connectivity index (χ4n) is 4.71. The molecule has 1 fully saturated rings. The van der Waals surface area contributed by atoms with E-state index in [0.717, 1.165) is 37.8 Å². The predicted molar refractivity (Wildman–Crippen MR) is 146 cm³/mol. The summed E-state index contributed by atoms with van der Waals surface area (Å²) in [7, 11) is -4.68. The van der Waals surface area contributed by atoms with E-state index >= 15 is 4.39 Å². The van der Waals surface area contributed by atoms with Gasteiger partial charge in [-0.05, 0) is 63.3 Å². The Kier molecular flexibility index (Phi) is 8.62. The second kappa shape index (κ2) is 11.5. The van der Waals surface area contributed by atoms with Gasteiger partial charge in [0.25, 0.3) is 5.56 Å². The summed E-state index contributed by atoms with van der Waals surface area (Å²) in [5.41, 5.74) is 5.52. The number of nitrogens with one attached hydrogen (secondary N) is 1. The minimum Gasteiger partial charge on any atom is -0.351 e. The highest BCUT2D eigenvalue weighted by molar-refractivity contribution is 7.94. The van der Waals surface area contributed by atoms with Crippen molar-refractivity contribution in [3.63, 3.8) is 0 Å². The standard InChI is InChI=1S/C25H29ClF4N6O3S/c1-14(2)35-22-16(13-32-24(34-22)33-18-5-3-4-17(31)12-18)10-19(23(35)37)15-6-7-21(20(27)11-15)36(26)40(38,39)9-8-25(28,29)30/h6-7,10-11,13-14,17-18H,3-5,8-9,12,31H2,1-2H3,(H,32,33,34)/t17-,18+/m1/s1.